The van der Waals surface area contributed by atoms with Gasteiger partial charge < -0.3 is 14.5 Å². The maximum absolute atomic E-state index is 6.39. The van der Waals surface area contributed by atoms with Gasteiger partial charge in [-0.25, -0.2) is 0 Å². The van der Waals surface area contributed by atoms with Crippen LogP contribution in [0.15, 0.2) is 34.7 Å². The van der Waals surface area contributed by atoms with E-state index in [4.69, 9.17) is 9.15 Å². The fourth-order valence-corrected chi connectivity index (χ4v) is 3.45. The molecule has 1 atom stereocenters. The number of para-hydroxylation sites is 1. The van der Waals surface area contributed by atoms with Gasteiger partial charge in [-0.2, -0.15) is 0 Å². The van der Waals surface area contributed by atoms with Gasteiger partial charge in [0.15, 0.2) is 0 Å². The monoisotopic (exact) mass is 257 g/mol. The molecular weight excluding hydrogens is 238 g/mol. The highest BCUT2D eigenvalue weighted by Gasteiger charge is 2.40. The Kier molecular flexibility index (Phi) is 2.64. The van der Waals surface area contributed by atoms with Gasteiger partial charge in [0.25, 0.3) is 0 Å². The SMILES string of the molecule is c1ccc2oc(C3CNCC4(CCCC4)O3)cc2c1. The number of hydrogen-bond acceptors (Lipinski definition) is 3. The van der Waals surface area contributed by atoms with Crippen molar-refractivity contribution in [2.24, 2.45) is 0 Å². The zero-order chi connectivity index (χ0) is 12.7. The van der Waals surface area contributed by atoms with E-state index in [0.29, 0.717) is 0 Å². The molecule has 100 valence electrons. The number of benzene rings is 1. The van der Waals surface area contributed by atoms with Crippen molar-refractivity contribution in [3.05, 3.63) is 36.1 Å². The van der Waals surface area contributed by atoms with Crippen LogP contribution in [-0.4, -0.2) is 18.7 Å². The van der Waals surface area contributed by atoms with Crippen LogP contribution in [0.1, 0.15) is 37.5 Å². The molecule has 1 aromatic carbocycles. The highest BCUT2D eigenvalue weighted by Crippen LogP contribution is 2.39. The highest BCUT2D eigenvalue weighted by molar-refractivity contribution is 5.77. The van der Waals surface area contributed by atoms with Gasteiger partial charge in [0.2, 0.25) is 0 Å². The van der Waals surface area contributed by atoms with Crippen LogP contribution < -0.4 is 5.32 Å². The highest BCUT2D eigenvalue weighted by atomic mass is 16.5. The number of nitrogens with one attached hydrogen (secondary N) is 1. The van der Waals surface area contributed by atoms with E-state index in [9.17, 15) is 0 Å². The largest absolute Gasteiger partial charge is 0.458 e. The number of rotatable bonds is 1. The van der Waals surface area contributed by atoms with Crippen molar-refractivity contribution < 1.29 is 9.15 Å². The average molecular weight is 257 g/mol. The zero-order valence-corrected chi connectivity index (χ0v) is 11.0. The van der Waals surface area contributed by atoms with Crippen LogP contribution in [0, 0.1) is 0 Å². The molecule has 1 aliphatic heterocycles. The van der Waals surface area contributed by atoms with Crippen molar-refractivity contribution in [3.8, 4) is 0 Å². The van der Waals surface area contributed by atoms with Crippen LogP contribution >= 0.6 is 0 Å². The molecule has 3 heteroatoms. The van der Waals surface area contributed by atoms with Crippen molar-refractivity contribution in [3.63, 3.8) is 0 Å². The lowest BCUT2D eigenvalue weighted by atomic mass is 9.99. The number of furan rings is 1. The van der Waals surface area contributed by atoms with Gasteiger partial charge in [-0.15, -0.1) is 0 Å². The summed E-state index contributed by atoms with van der Waals surface area (Å²) in [4.78, 5) is 0. The number of morpholine rings is 1. The minimum atomic E-state index is 0.0549. The summed E-state index contributed by atoms with van der Waals surface area (Å²) < 4.78 is 12.3. The van der Waals surface area contributed by atoms with E-state index in [1.165, 1.54) is 25.7 Å². The molecule has 1 saturated heterocycles. The van der Waals surface area contributed by atoms with Gasteiger partial charge in [0, 0.05) is 18.5 Å². The molecule has 1 aliphatic carbocycles. The second-order valence-corrected chi connectivity index (χ2v) is 5.81. The number of hydrogen-bond donors (Lipinski definition) is 1. The van der Waals surface area contributed by atoms with Crippen molar-refractivity contribution in [1.29, 1.82) is 0 Å². The van der Waals surface area contributed by atoms with Gasteiger partial charge in [0.05, 0.1) is 5.60 Å². The second kappa shape index (κ2) is 4.36. The summed E-state index contributed by atoms with van der Waals surface area (Å²) in [5.74, 6) is 0.958. The first-order chi connectivity index (χ1) is 9.35. The van der Waals surface area contributed by atoms with Gasteiger partial charge in [0.1, 0.15) is 17.4 Å². The van der Waals surface area contributed by atoms with E-state index in [1.807, 2.05) is 18.2 Å². The predicted octanol–water partition coefficient (Wildman–Crippen LogP) is 3.41. The fraction of sp³-hybridized carbons (Fsp3) is 0.500. The Morgan fingerprint density at radius 1 is 1.16 bits per heavy atom. The van der Waals surface area contributed by atoms with Crippen molar-refractivity contribution in [2.45, 2.75) is 37.4 Å². The number of ether oxygens (including phenoxy) is 1. The molecule has 19 heavy (non-hydrogen) atoms. The lowest BCUT2D eigenvalue weighted by Gasteiger charge is -2.38. The fourth-order valence-electron chi connectivity index (χ4n) is 3.45. The first-order valence-corrected chi connectivity index (χ1v) is 7.22. The topological polar surface area (TPSA) is 34.4 Å². The standard InChI is InChI=1S/C16H19NO2/c1-2-6-13-12(5-1)9-14(18-13)15-10-17-11-16(19-15)7-3-4-8-16/h1-2,5-6,9,15,17H,3-4,7-8,10-11H2. The molecule has 1 spiro atoms. The Bertz CT molecular complexity index is 550. The van der Waals surface area contributed by atoms with Gasteiger partial charge >= 0.3 is 0 Å². The molecule has 1 aromatic heterocycles. The molecule has 4 rings (SSSR count). The quantitative estimate of drug-likeness (QED) is 0.850. The Morgan fingerprint density at radius 2 is 2.00 bits per heavy atom. The first-order valence-electron chi connectivity index (χ1n) is 7.22. The Labute approximate surface area is 112 Å². The van der Waals surface area contributed by atoms with E-state index in [1.54, 1.807) is 0 Å². The molecule has 0 radical (unpaired) electrons. The van der Waals surface area contributed by atoms with E-state index in [2.05, 4.69) is 17.4 Å². The summed E-state index contributed by atoms with van der Waals surface area (Å²) in [6, 6.07) is 10.3. The number of fused-ring (bicyclic) bond motifs is 1. The minimum absolute atomic E-state index is 0.0549. The molecule has 1 saturated carbocycles. The smallest absolute Gasteiger partial charge is 0.135 e. The van der Waals surface area contributed by atoms with Crippen LogP contribution in [0.3, 0.4) is 0 Å². The molecule has 2 aromatic rings. The van der Waals surface area contributed by atoms with Gasteiger partial charge in [-0.1, -0.05) is 31.0 Å². The molecular formula is C16H19NO2. The molecule has 2 aliphatic rings. The third-order valence-corrected chi connectivity index (χ3v) is 4.45. The van der Waals surface area contributed by atoms with Crippen LogP contribution in [0.2, 0.25) is 0 Å². The first kappa shape index (κ1) is 11.5. The molecule has 2 fully saturated rings. The molecule has 3 nitrogen and oxygen atoms in total. The average Bonchev–Trinajstić information content (AvgIpc) is 3.05. The summed E-state index contributed by atoms with van der Waals surface area (Å²) in [7, 11) is 0. The summed E-state index contributed by atoms with van der Waals surface area (Å²) >= 11 is 0. The van der Waals surface area contributed by atoms with Gasteiger partial charge in [-0.05, 0) is 25.0 Å². The van der Waals surface area contributed by atoms with Gasteiger partial charge in [-0.3, -0.25) is 0 Å². The molecule has 0 bridgehead atoms. The van der Waals surface area contributed by atoms with Crippen molar-refractivity contribution >= 4 is 11.0 Å². The molecule has 1 N–H and O–H groups in total. The molecule has 1 unspecified atom stereocenters. The molecule has 0 amide bonds. The Balaban J connectivity index is 1.64. The van der Waals surface area contributed by atoms with Crippen molar-refractivity contribution in [1.82, 2.24) is 5.32 Å². The summed E-state index contributed by atoms with van der Waals surface area (Å²) in [6.45, 7) is 1.84. The zero-order valence-electron chi connectivity index (χ0n) is 11.0. The lowest BCUT2D eigenvalue weighted by Crippen LogP contribution is -2.49. The van der Waals surface area contributed by atoms with E-state index in [0.717, 1.165) is 29.8 Å². The second-order valence-electron chi connectivity index (χ2n) is 5.81. The van der Waals surface area contributed by atoms with Crippen LogP contribution in [-0.2, 0) is 4.74 Å². The lowest BCUT2D eigenvalue weighted by molar-refractivity contribution is -0.120. The third-order valence-electron chi connectivity index (χ3n) is 4.45. The van der Waals surface area contributed by atoms with Crippen LogP contribution in [0.5, 0.6) is 0 Å². The summed E-state index contributed by atoms with van der Waals surface area (Å²) in [5.41, 5.74) is 1.01. The Morgan fingerprint density at radius 3 is 2.84 bits per heavy atom. The van der Waals surface area contributed by atoms with Crippen molar-refractivity contribution in [2.75, 3.05) is 13.1 Å². The summed E-state index contributed by atoms with van der Waals surface area (Å²) in [6.07, 6.45) is 4.98. The third kappa shape index (κ3) is 1.97. The Hall–Kier alpha value is -1.32. The van der Waals surface area contributed by atoms with Crippen LogP contribution in [0.4, 0.5) is 0 Å². The predicted molar refractivity (Wildman–Crippen MR) is 74.1 cm³/mol. The maximum atomic E-state index is 6.39. The minimum Gasteiger partial charge on any atom is -0.458 e. The van der Waals surface area contributed by atoms with Crippen LogP contribution in [0.25, 0.3) is 11.0 Å². The van der Waals surface area contributed by atoms with E-state index in [-0.39, 0.29) is 11.7 Å². The normalized spacial score (nSPS) is 26.2. The summed E-state index contributed by atoms with van der Waals surface area (Å²) in [5, 5.41) is 4.68. The van der Waals surface area contributed by atoms with E-state index < -0.39 is 0 Å². The molecule has 2 heterocycles. The maximum Gasteiger partial charge on any atom is 0.135 e. The van der Waals surface area contributed by atoms with E-state index >= 15 is 0 Å².